The van der Waals surface area contributed by atoms with Crippen molar-refractivity contribution in [1.29, 1.82) is 0 Å². The van der Waals surface area contributed by atoms with Crippen molar-refractivity contribution in [1.82, 2.24) is 9.55 Å². The van der Waals surface area contributed by atoms with E-state index in [2.05, 4.69) is 14.4 Å². The van der Waals surface area contributed by atoms with E-state index in [1.807, 2.05) is 0 Å². The van der Waals surface area contributed by atoms with Gasteiger partial charge in [-0.2, -0.15) is 8.42 Å². The smallest absolute Gasteiger partial charge is 0.280 e. The molecule has 0 bridgehead atoms. The number of aromatic nitrogens is 2. The summed E-state index contributed by atoms with van der Waals surface area (Å²) in [7, 11) is -6.51. The van der Waals surface area contributed by atoms with Crippen LogP contribution in [0.4, 0.5) is 15.8 Å². The van der Waals surface area contributed by atoms with Crippen molar-refractivity contribution in [3.63, 3.8) is 0 Å². The predicted molar refractivity (Wildman–Crippen MR) is 107 cm³/mol. The molecule has 3 rings (SSSR count). The van der Waals surface area contributed by atoms with E-state index in [1.165, 1.54) is 42.6 Å². The molecule has 0 aliphatic rings. The molecule has 0 aliphatic heterocycles. The maximum absolute atomic E-state index is 13.8. The van der Waals surface area contributed by atoms with Gasteiger partial charge in [0.15, 0.2) is 5.03 Å². The fourth-order valence-corrected chi connectivity index (χ4v) is 4.99. The lowest BCUT2D eigenvalue weighted by Gasteiger charge is -2.13. The maximum Gasteiger partial charge on any atom is 0.280 e. The van der Waals surface area contributed by atoms with Gasteiger partial charge < -0.3 is 4.57 Å². The molecular weight excluding hydrogens is 419 g/mol. The molecule has 0 radical (unpaired) electrons. The zero-order valence-electron chi connectivity index (χ0n) is 15.8. The fraction of sp³-hybridized carbons (Fsp3) is 0.167. The molecule has 0 amide bonds. The average molecular weight is 439 g/mol. The summed E-state index contributed by atoms with van der Waals surface area (Å²) in [5, 5.41) is -0.188. The highest BCUT2D eigenvalue weighted by Gasteiger charge is 2.22. The molecule has 0 fully saturated rings. The van der Waals surface area contributed by atoms with E-state index in [-0.39, 0.29) is 21.3 Å². The molecule has 0 aliphatic carbocycles. The summed E-state index contributed by atoms with van der Waals surface area (Å²) >= 11 is 0. The minimum absolute atomic E-state index is 0.0350. The monoisotopic (exact) mass is 438 g/mol. The Bertz CT molecular complexity index is 1270. The van der Waals surface area contributed by atoms with Crippen LogP contribution in [0, 0.1) is 19.7 Å². The zero-order valence-corrected chi connectivity index (χ0v) is 17.5. The number of hydrogen-bond donors (Lipinski definition) is 2. The number of benzene rings is 2. The summed E-state index contributed by atoms with van der Waals surface area (Å²) in [6.45, 7) is 3.21. The van der Waals surface area contributed by atoms with Crippen molar-refractivity contribution >= 4 is 31.4 Å². The first-order chi connectivity index (χ1) is 13.5. The number of hydrogen-bond acceptors (Lipinski definition) is 5. The Balaban J connectivity index is 1.94. The summed E-state index contributed by atoms with van der Waals surface area (Å²) in [6, 6.07) is 9.41. The molecule has 29 heavy (non-hydrogen) atoms. The minimum Gasteiger partial charge on any atom is -0.337 e. The van der Waals surface area contributed by atoms with Gasteiger partial charge in [-0.3, -0.25) is 9.44 Å². The third-order valence-electron chi connectivity index (χ3n) is 4.21. The molecule has 8 nitrogen and oxygen atoms in total. The van der Waals surface area contributed by atoms with Gasteiger partial charge in [0.05, 0.1) is 16.3 Å². The van der Waals surface area contributed by atoms with E-state index >= 15 is 0 Å². The van der Waals surface area contributed by atoms with Gasteiger partial charge in [0.25, 0.3) is 20.0 Å². The molecule has 0 atom stereocenters. The second-order valence-corrected chi connectivity index (χ2v) is 9.69. The normalized spacial score (nSPS) is 12.0. The lowest BCUT2D eigenvalue weighted by molar-refractivity contribution is 0.595. The molecule has 1 heterocycles. The van der Waals surface area contributed by atoms with Crippen LogP contribution in [0.3, 0.4) is 0 Å². The van der Waals surface area contributed by atoms with Crippen molar-refractivity contribution in [2.45, 2.75) is 23.8 Å². The van der Waals surface area contributed by atoms with Crippen LogP contribution in [0.15, 0.2) is 58.6 Å². The Labute approximate surface area is 168 Å². The Kier molecular flexibility index (Phi) is 5.37. The summed E-state index contributed by atoms with van der Waals surface area (Å²) in [6.07, 6.45) is 1.35. The summed E-state index contributed by atoms with van der Waals surface area (Å²) in [5.41, 5.74) is 0.195. The van der Waals surface area contributed by atoms with Crippen LogP contribution in [-0.2, 0) is 27.1 Å². The van der Waals surface area contributed by atoms with Crippen LogP contribution in [0.25, 0.3) is 0 Å². The van der Waals surface area contributed by atoms with Crippen LogP contribution in [0.5, 0.6) is 0 Å². The number of anilines is 2. The molecule has 154 valence electrons. The highest BCUT2D eigenvalue weighted by Crippen LogP contribution is 2.25. The van der Waals surface area contributed by atoms with E-state index in [0.29, 0.717) is 11.4 Å². The van der Waals surface area contributed by atoms with E-state index in [0.717, 1.165) is 6.07 Å². The zero-order chi connectivity index (χ0) is 21.4. The van der Waals surface area contributed by atoms with Gasteiger partial charge in [-0.25, -0.2) is 17.8 Å². The van der Waals surface area contributed by atoms with Crippen molar-refractivity contribution in [2.75, 3.05) is 9.44 Å². The molecule has 2 N–H and O–H groups in total. The maximum atomic E-state index is 13.8. The first-order valence-electron chi connectivity index (χ1n) is 8.40. The minimum atomic E-state index is -4.16. The number of aryl methyl sites for hydroxylation is 3. The van der Waals surface area contributed by atoms with Crippen LogP contribution >= 0.6 is 0 Å². The van der Waals surface area contributed by atoms with Gasteiger partial charge in [0.2, 0.25) is 0 Å². The molecular formula is C18H19FN4O4S2. The number of sulfonamides is 2. The molecule has 0 unspecified atom stereocenters. The largest absolute Gasteiger partial charge is 0.337 e. The highest BCUT2D eigenvalue weighted by atomic mass is 32.2. The first kappa shape index (κ1) is 20.8. The van der Waals surface area contributed by atoms with E-state index in [9.17, 15) is 21.2 Å². The fourth-order valence-electron chi connectivity index (χ4n) is 2.56. The standard InChI is InChI=1S/C18H19FN4O4S2/c1-12-8-9-14(21-29(26,27)18-11-23(3)13(2)20-18)10-17(12)28(24,25)22-16-7-5-4-6-15(16)19/h4-11,21-22H,1-3H3. The number of nitrogens with zero attached hydrogens (tertiary/aromatic N) is 2. The molecule has 0 saturated carbocycles. The van der Waals surface area contributed by atoms with Crippen molar-refractivity contribution in [3.8, 4) is 0 Å². The Morgan fingerprint density at radius 3 is 2.28 bits per heavy atom. The van der Waals surface area contributed by atoms with Crippen LogP contribution in [0.2, 0.25) is 0 Å². The Hall–Kier alpha value is -2.92. The van der Waals surface area contributed by atoms with Gasteiger partial charge in [0.1, 0.15) is 11.6 Å². The SMILES string of the molecule is Cc1ccc(NS(=O)(=O)c2cn(C)c(C)n2)cc1S(=O)(=O)Nc1ccccc1F. The number of para-hydroxylation sites is 1. The Morgan fingerprint density at radius 1 is 0.966 bits per heavy atom. The molecule has 1 aromatic heterocycles. The lowest BCUT2D eigenvalue weighted by atomic mass is 10.2. The van der Waals surface area contributed by atoms with E-state index in [1.54, 1.807) is 25.5 Å². The molecule has 0 saturated heterocycles. The van der Waals surface area contributed by atoms with Gasteiger partial charge in [0, 0.05) is 13.2 Å². The third kappa shape index (κ3) is 4.40. The van der Waals surface area contributed by atoms with Crippen LogP contribution in [-0.4, -0.2) is 26.4 Å². The van der Waals surface area contributed by atoms with Gasteiger partial charge >= 0.3 is 0 Å². The number of halogens is 1. The summed E-state index contributed by atoms with van der Waals surface area (Å²) < 4.78 is 70.5. The van der Waals surface area contributed by atoms with E-state index < -0.39 is 25.9 Å². The van der Waals surface area contributed by atoms with Crippen LogP contribution in [0.1, 0.15) is 11.4 Å². The topological polar surface area (TPSA) is 110 Å². The third-order valence-corrected chi connectivity index (χ3v) is 6.97. The number of imidazole rings is 1. The molecule has 0 spiro atoms. The predicted octanol–water partition coefficient (Wildman–Crippen LogP) is 2.78. The van der Waals surface area contributed by atoms with Crippen molar-refractivity contribution in [2.24, 2.45) is 7.05 Å². The lowest BCUT2D eigenvalue weighted by Crippen LogP contribution is -2.17. The van der Waals surface area contributed by atoms with Crippen molar-refractivity contribution < 1.29 is 21.2 Å². The second kappa shape index (κ2) is 7.48. The Morgan fingerprint density at radius 2 is 1.66 bits per heavy atom. The van der Waals surface area contributed by atoms with Crippen molar-refractivity contribution in [3.05, 3.63) is 65.9 Å². The first-order valence-corrected chi connectivity index (χ1v) is 11.4. The van der Waals surface area contributed by atoms with Gasteiger partial charge in [-0.1, -0.05) is 18.2 Å². The quantitative estimate of drug-likeness (QED) is 0.615. The molecule has 3 aromatic rings. The molecule has 2 aromatic carbocycles. The van der Waals surface area contributed by atoms with E-state index in [4.69, 9.17) is 0 Å². The van der Waals surface area contributed by atoms with Gasteiger partial charge in [-0.05, 0) is 43.7 Å². The number of nitrogens with one attached hydrogen (secondary N) is 2. The van der Waals surface area contributed by atoms with Crippen LogP contribution < -0.4 is 9.44 Å². The highest BCUT2D eigenvalue weighted by molar-refractivity contribution is 7.93. The van der Waals surface area contributed by atoms with Gasteiger partial charge in [-0.15, -0.1) is 0 Å². The second-order valence-electron chi connectivity index (χ2n) is 6.41. The molecule has 11 heteroatoms. The summed E-state index contributed by atoms with van der Waals surface area (Å²) in [5.74, 6) is -0.220. The summed E-state index contributed by atoms with van der Waals surface area (Å²) in [4.78, 5) is 3.79. The average Bonchev–Trinajstić information content (AvgIpc) is 2.98. The number of rotatable bonds is 6.